The molecule has 0 unspecified atom stereocenters. The molecule has 2 heterocycles. The molecule has 1 N–H and O–H groups in total. The van der Waals surface area contributed by atoms with E-state index in [4.69, 9.17) is 0 Å². The van der Waals surface area contributed by atoms with Gasteiger partial charge >= 0.3 is 6.18 Å². The fraction of sp³-hybridized carbons (Fsp3) is 0.278. The predicted octanol–water partition coefficient (Wildman–Crippen LogP) is 2.29. The molecule has 0 bridgehead atoms. The molecular formula is C18H12F4N4O3. The second kappa shape index (κ2) is 6.33. The first-order valence-corrected chi connectivity index (χ1v) is 8.47. The van der Waals surface area contributed by atoms with Gasteiger partial charge in [-0.2, -0.15) is 13.2 Å². The summed E-state index contributed by atoms with van der Waals surface area (Å²) in [6.07, 6.45) is -2.39. The molecule has 3 amide bonds. The SMILES string of the molecule is O=C(CN1C(=O)c2ccc(C(F)(F)F)cc2C2(CC2)C1=O)Nc1ncc(F)cn1. The van der Waals surface area contributed by atoms with E-state index in [1.165, 1.54) is 0 Å². The van der Waals surface area contributed by atoms with Gasteiger partial charge in [-0.1, -0.05) is 0 Å². The van der Waals surface area contributed by atoms with E-state index in [9.17, 15) is 31.9 Å². The number of anilines is 1. The van der Waals surface area contributed by atoms with Gasteiger partial charge < -0.3 is 0 Å². The molecule has 0 atom stereocenters. The van der Waals surface area contributed by atoms with Gasteiger partial charge in [-0.3, -0.25) is 24.6 Å². The van der Waals surface area contributed by atoms with Crippen LogP contribution in [0.15, 0.2) is 30.6 Å². The van der Waals surface area contributed by atoms with Crippen molar-refractivity contribution in [3.05, 3.63) is 53.1 Å². The molecule has 11 heteroatoms. The van der Waals surface area contributed by atoms with Crippen LogP contribution < -0.4 is 5.32 Å². The van der Waals surface area contributed by atoms with Crippen molar-refractivity contribution in [2.45, 2.75) is 24.4 Å². The number of nitrogens with zero attached hydrogens (tertiary/aromatic N) is 3. The number of amides is 3. The van der Waals surface area contributed by atoms with Crippen molar-refractivity contribution in [3.63, 3.8) is 0 Å². The van der Waals surface area contributed by atoms with Gasteiger partial charge in [-0.15, -0.1) is 0 Å². The highest BCUT2D eigenvalue weighted by atomic mass is 19.4. The van der Waals surface area contributed by atoms with Crippen molar-refractivity contribution in [3.8, 4) is 0 Å². The number of fused-ring (bicyclic) bond motifs is 2. The first-order valence-electron chi connectivity index (χ1n) is 8.47. The topological polar surface area (TPSA) is 92.3 Å². The van der Waals surface area contributed by atoms with Gasteiger partial charge in [0.05, 0.1) is 23.4 Å². The maximum Gasteiger partial charge on any atom is 0.416 e. The largest absolute Gasteiger partial charge is 0.416 e. The second-order valence-corrected chi connectivity index (χ2v) is 6.81. The minimum Gasteiger partial charge on any atom is -0.293 e. The maximum absolute atomic E-state index is 13.0. The number of hydrogen-bond acceptors (Lipinski definition) is 5. The lowest BCUT2D eigenvalue weighted by Gasteiger charge is -2.32. The lowest BCUT2D eigenvalue weighted by molar-refractivity contribution is -0.138. The second-order valence-electron chi connectivity index (χ2n) is 6.81. The van der Waals surface area contributed by atoms with E-state index in [-0.39, 0.29) is 29.9 Å². The standard InChI is InChI=1S/C18H12F4N4O3/c19-10-6-23-16(24-7-10)25-13(27)8-26-14(28)11-2-1-9(18(20,21)22)5-12(11)17(3-4-17)15(26)29/h1-2,5-7H,3-4,8H2,(H,23,24,25,27). The minimum atomic E-state index is -4.61. The quantitative estimate of drug-likeness (QED) is 0.622. The van der Waals surface area contributed by atoms with Crippen molar-refractivity contribution in [1.82, 2.24) is 14.9 Å². The number of benzene rings is 1. The summed E-state index contributed by atoms with van der Waals surface area (Å²) < 4.78 is 51.9. The molecule has 150 valence electrons. The molecule has 0 radical (unpaired) electrons. The number of rotatable bonds is 3. The zero-order valence-electron chi connectivity index (χ0n) is 14.6. The molecule has 29 heavy (non-hydrogen) atoms. The Kier molecular flexibility index (Phi) is 4.14. The van der Waals surface area contributed by atoms with Crippen molar-refractivity contribution in [2.75, 3.05) is 11.9 Å². The van der Waals surface area contributed by atoms with Crippen LogP contribution in [0.25, 0.3) is 0 Å². The molecule has 1 aromatic heterocycles. The van der Waals surface area contributed by atoms with Crippen LogP contribution in [0.4, 0.5) is 23.5 Å². The average molecular weight is 408 g/mol. The number of alkyl halides is 3. The van der Waals surface area contributed by atoms with Crippen LogP contribution in [0.5, 0.6) is 0 Å². The molecule has 2 aliphatic rings. The van der Waals surface area contributed by atoms with Crippen molar-refractivity contribution < 1.29 is 31.9 Å². The smallest absolute Gasteiger partial charge is 0.293 e. The number of imide groups is 1. The van der Waals surface area contributed by atoms with E-state index in [1.54, 1.807) is 0 Å². The number of halogens is 4. The Morgan fingerprint density at radius 1 is 1.17 bits per heavy atom. The van der Waals surface area contributed by atoms with Crippen LogP contribution in [0.3, 0.4) is 0 Å². The van der Waals surface area contributed by atoms with Gasteiger partial charge in [0, 0.05) is 5.56 Å². The van der Waals surface area contributed by atoms with Crippen LogP contribution in [0.2, 0.25) is 0 Å². The summed E-state index contributed by atoms with van der Waals surface area (Å²) in [5, 5.41) is 2.24. The summed E-state index contributed by atoms with van der Waals surface area (Å²) in [6, 6.07) is 2.64. The number of carbonyl (C=O) groups excluding carboxylic acids is 3. The molecular weight excluding hydrogens is 396 g/mol. The molecule has 7 nitrogen and oxygen atoms in total. The van der Waals surface area contributed by atoms with E-state index in [1.807, 2.05) is 0 Å². The van der Waals surface area contributed by atoms with Gasteiger partial charge in [0.15, 0.2) is 5.82 Å². The van der Waals surface area contributed by atoms with Gasteiger partial charge in [-0.05, 0) is 36.6 Å². The van der Waals surface area contributed by atoms with Crippen LogP contribution in [-0.4, -0.2) is 39.1 Å². The molecule has 1 aliphatic heterocycles. The van der Waals surface area contributed by atoms with Gasteiger partial charge in [0.2, 0.25) is 17.8 Å². The van der Waals surface area contributed by atoms with Crippen LogP contribution in [0.1, 0.15) is 34.3 Å². The summed E-state index contributed by atoms with van der Waals surface area (Å²) in [7, 11) is 0. The van der Waals surface area contributed by atoms with Gasteiger partial charge in [0.1, 0.15) is 6.54 Å². The first-order chi connectivity index (χ1) is 13.6. The van der Waals surface area contributed by atoms with Crippen LogP contribution in [-0.2, 0) is 21.2 Å². The lowest BCUT2D eigenvalue weighted by Crippen LogP contribution is -2.51. The Balaban J connectivity index is 1.61. The number of hydrogen-bond donors (Lipinski definition) is 1. The summed E-state index contributed by atoms with van der Waals surface area (Å²) in [6.45, 7) is -0.666. The number of aromatic nitrogens is 2. The molecule has 1 spiro atoms. The molecule has 2 aromatic rings. The van der Waals surface area contributed by atoms with E-state index < -0.39 is 47.2 Å². The molecule has 1 saturated carbocycles. The fourth-order valence-corrected chi connectivity index (χ4v) is 3.35. The zero-order chi connectivity index (χ0) is 21.0. The third kappa shape index (κ3) is 3.22. The minimum absolute atomic E-state index is 0.0408. The van der Waals surface area contributed by atoms with E-state index in [2.05, 4.69) is 15.3 Å². The first kappa shape index (κ1) is 19.0. The van der Waals surface area contributed by atoms with Gasteiger partial charge in [0.25, 0.3) is 5.91 Å². The molecule has 1 aromatic carbocycles. The Bertz CT molecular complexity index is 1030. The van der Waals surface area contributed by atoms with E-state index in [0.717, 1.165) is 30.6 Å². The van der Waals surface area contributed by atoms with Crippen molar-refractivity contribution >= 4 is 23.7 Å². The maximum atomic E-state index is 13.0. The lowest BCUT2D eigenvalue weighted by atomic mass is 9.84. The number of carbonyl (C=O) groups is 3. The average Bonchev–Trinajstić information content (AvgIpc) is 3.46. The third-order valence-electron chi connectivity index (χ3n) is 4.92. The van der Waals surface area contributed by atoms with E-state index >= 15 is 0 Å². The Morgan fingerprint density at radius 2 is 1.83 bits per heavy atom. The number of nitrogens with one attached hydrogen (secondary N) is 1. The Hall–Kier alpha value is -3.37. The predicted molar refractivity (Wildman–Crippen MR) is 89.0 cm³/mol. The summed E-state index contributed by atoms with van der Waals surface area (Å²) in [5.41, 5.74) is -2.17. The fourth-order valence-electron chi connectivity index (χ4n) is 3.35. The zero-order valence-corrected chi connectivity index (χ0v) is 14.6. The molecule has 1 aliphatic carbocycles. The Morgan fingerprint density at radius 3 is 2.41 bits per heavy atom. The summed E-state index contributed by atoms with van der Waals surface area (Å²) in [4.78, 5) is 45.5. The van der Waals surface area contributed by atoms with Crippen LogP contribution in [0, 0.1) is 5.82 Å². The van der Waals surface area contributed by atoms with Crippen molar-refractivity contribution in [2.24, 2.45) is 0 Å². The van der Waals surface area contributed by atoms with E-state index in [0.29, 0.717) is 4.90 Å². The van der Waals surface area contributed by atoms with Crippen molar-refractivity contribution in [1.29, 1.82) is 0 Å². The summed E-state index contributed by atoms with van der Waals surface area (Å²) in [5.74, 6) is -3.31. The molecule has 0 saturated heterocycles. The van der Waals surface area contributed by atoms with Gasteiger partial charge in [-0.25, -0.2) is 14.4 Å². The normalized spacial score (nSPS) is 17.3. The monoisotopic (exact) mass is 408 g/mol. The molecule has 1 fully saturated rings. The summed E-state index contributed by atoms with van der Waals surface area (Å²) >= 11 is 0. The van der Waals surface area contributed by atoms with Crippen LogP contribution >= 0.6 is 0 Å². The highest BCUT2D eigenvalue weighted by molar-refractivity contribution is 6.16. The highest BCUT2D eigenvalue weighted by Gasteiger charge is 2.59. The Labute approximate surface area is 160 Å². The molecule has 4 rings (SSSR count). The third-order valence-corrected chi connectivity index (χ3v) is 4.92. The highest BCUT2D eigenvalue weighted by Crippen LogP contribution is 2.54.